The second-order valence-electron chi connectivity index (χ2n) is 5.20. The molecule has 1 aromatic rings. The molecule has 0 heterocycles. The highest BCUT2D eigenvalue weighted by molar-refractivity contribution is 6.40. The van der Waals surface area contributed by atoms with Crippen LogP contribution >= 0.6 is 0 Å². The van der Waals surface area contributed by atoms with Gasteiger partial charge in [-0.05, 0) is 32.9 Å². The Kier molecular flexibility index (Phi) is 4.85. The van der Waals surface area contributed by atoms with Gasteiger partial charge in [0, 0.05) is 5.54 Å². The molecule has 0 fully saturated rings. The smallest absolute Gasteiger partial charge is 0.339 e. The first-order valence-electron chi connectivity index (χ1n) is 6.05. The first-order chi connectivity index (χ1) is 9.24. The van der Waals surface area contributed by atoms with E-state index in [0.717, 1.165) is 0 Å². The number of nitrogens with one attached hydrogen (secondary N) is 2. The van der Waals surface area contributed by atoms with Crippen LogP contribution < -0.4 is 10.6 Å². The molecule has 0 aliphatic rings. The molecule has 20 heavy (non-hydrogen) atoms. The molecular formula is C14H18N2O4. The van der Waals surface area contributed by atoms with Gasteiger partial charge in [0.25, 0.3) is 0 Å². The highest BCUT2D eigenvalue weighted by atomic mass is 16.5. The van der Waals surface area contributed by atoms with Crippen molar-refractivity contribution < 1.29 is 19.1 Å². The lowest BCUT2D eigenvalue weighted by atomic mass is 10.1. The third-order valence-electron chi connectivity index (χ3n) is 2.28. The van der Waals surface area contributed by atoms with Crippen LogP contribution in [0.2, 0.25) is 0 Å². The fourth-order valence-electron chi connectivity index (χ4n) is 1.46. The Bertz CT molecular complexity index is 532. The molecule has 0 atom stereocenters. The van der Waals surface area contributed by atoms with Crippen molar-refractivity contribution >= 4 is 23.5 Å². The number of rotatable bonds is 2. The summed E-state index contributed by atoms with van der Waals surface area (Å²) in [4.78, 5) is 35.0. The first-order valence-corrected chi connectivity index (χ1v) is 6.05. The van der Waals surface area contributed by atoms with Crippen LogP contribution in [0.4, 0.5) is 5.69 Å². The topological polar surface area (TPSA) is 84.5 Å². The lowest BCUT2D eigenvalue weighted by Crippen LogP contribution is -2.46. The number of hydrogen-bond acceptors (Lipinski definition) is 4. The standard InChI is InChI=1S/C14H18N2O4/c1-14(2,3)16-12(18)11(17)15-10-8-6-5-7-9(10)13(19)20-4/h5-8H,1-4H3,(H,15,17)(H,16,18). The number of esters is 1. The molecule has 6 heteroatoms. The molecule has 0 unspecified atom stereocenters. The largest absolute Gasteiger partial charge is 0.465 e. The van der Waals surface area contributed by atoms with Gasteiger partial charge in [-0.25, -0.2) is 4.79 Å². The zero-order valence-corrected chi connectivity index (χ0v) is 11.9. The van der Waals surface area contributed by atoms with Crippen LogP contribution in [0, 0.1) is 0 Å². The maximum atomic E-state index is 11.8. The molecule has 1 aromatic carbocycles. The van der Waals surface area contributed by atoms with Crippen molar-refractivity contribution in [1.82, 2.24) is 5.32 Å². The van der Waals surface area contributed by atoms with E-state index >= 15 is 0 Å². The molecule has 108 valence electrons. The Morgan fingerprint density at radius 3 is 2.20 bits per heavy atom. The zero-order chi connectivity index (χ0) is 15.3. The van der Waals surface area contributed by atoms with Crippen LogP contribution in [-0.4, -0.2) is 30.4 Å². The van der Waals surface area contributed by atoms with E-state index in [0.29, 0.717) is 0 Å². The van der Waals surface area contributed by atoms with Crippen molar-refractivity contribution in [3.63, 3.8) is 0 Å². The van der Waals surface area contributed by atoms with E-state index in [9.17, 15) is 14.4 Å². The summed E-state index contributed by atoms with van der Waals surface area (Å²) < 4.78 is 4.61. The summed E-state index contributed by atoms with van der Waals surface area (Å²) in [7, 11) is 1.24. The average molecular weight is 278 g/mol. The number of anilines is 1. The number of benzene rings is 1. The van der Waals surface area contributed by atoms with Crippen LogP contribution in [-0.2, 0) is 14.3 Å². The number of carbonyl (C=O) groups excluding carboxylic acids is 3. The molecule has 0 spiro atoms. The Morgan fingerprint density at radius 2 is 1.65 bits per heavy atom. The van der Waals surface area contributed by atoms with Crippen LogP contribution in [0.3, 0.4) is 0 Å². The summed E-state index contributed by atoms with van der Waals surface area (Å²) in [5.41, 5.74) is -0.101. The summed E-state index contributed by atoms with van der Waals surface area (Å²) in [6.07, 6.45) is 0. The second kappa shape index (κ2) is 6.18. The maximum Gasteiger partial charge on any atom is 0.339 e. The van der Waals surface area contributed by atoms with Gasteiger partial charge in [-0.15, -0.1) is 0 Å². The fourth-order valence-corrected chi connectivity index (χ4v) is 1.46. The van der Waals surface area contributed by atoms with Gasteiger partial charge in [0.05, 0.1) is 18.4 Å². The Balaban J connectivity index is 2.86. The van der Waals surface area contributed by atoms with E-state index in [1.54, 1.807) is 32.9 Å². The first kappa shape index (κ1) is 15.7. The lowest BCUT2D eigenvalue weighted by molar-refractivity contribution is -0.137. The predicted octanol–water partition coefficient (Wildman–Crippen LogP) is 1.33. The molecule has 0 aliphatic carbocycles. The Hall–Kier alpha value is -2.37. The molecule has 2 N–H and O–H groups in total. The number of hydrogen-bond donors (Lipinski definition) is 2. The van der Waals surface area contributed by atoms with E-state index in [2.05, 4.69) is 15.4 Å². The van der Waals surface area contributed by atoms with Crippen LogP contribution in [0.15, 0.2) is 24.3 Å². The quantitative estimate of drug-likeness (QED) is 0.631. The Labute approximate surface area is 117 Å². The molecule has 0 aromatic heterocycles. The number of methoxy groups -OCH3 is 1. The number of amides is 2. The predicted molar refractivity (Wildman–Crippen MR) is 74.3 cm³/mol. The Morgan fingerprint density at radius 1 is 1.05 bits per heavy atom. The monoisotopic (exact) mass is 278 g/mol. The number of carbonyl (C=O) groups is 3. The maximum absolute atomic E-state index is 11.8. The fraction of sp³-hybridized carbons (Fsp3) is 0.357. The molecule has 0 saturated heterocycles. The van der Waals surface area contributed by atoms with Gasteiger partial charge >= 0.3 is 17.8 Å². The molecule has 6 nitrogen and oxygen atoms in total. The minimum atomic E-state index is -0.837. The third-order valence-corrected chi connectivity index (χ3v) is 2.28. The van der Waals surface area contributed by atoms with Gasteiger partial charge in [-0.3, -0.25) is 9.59 Å². The second-order valence-corrected chi connectivity index (χ2v) is 5.20. The average Bonchev–Trinajstić information content (AvgIpc) is 2.36. The normalized spacial score (nSPS) is 10.6. The van der Waals surface area contributed by atoms with E-state index in [4.69, 9.17) is 0 Å². The van der Waals surface area contributed by atoms with Crippen molar-refractivity contribution in [3.8, 4) is 0 Å². The van der Waals surface area contributed by atoms with Crippen molar-refractivity contribution in [3.05, 3.63) is 29.8 Å². The van der Waals surface area contributed by atoms with Gasteiger partial charge < -0.3 is 15.4 Å². The molecule has 2 amide bonds. The highest BCUT2D eigenvalue weighted by Crippen LogP contribution is 2.15. The summed E-state index contributed by atoms with van der Waals surface area (Å²) in [5.74, 6) is -2.19. The van der Waals surface area contributed by atoms with Gasteiger partial charge in [0.2, 0.25) is 0 Å². The molecule has 0 radical (unpaired) electrons. The van der Waals surface area contributed by atoms with Crippen LogP contribution in [0.1, 0.15) is 31.1 Å². The van der Waals surface area contributed by atoms with Crippen molar-refractivity contribution in [2.75, 3.05) is 12.4 Å². The van der Waals surface area contributed by atoms with Crippen LogP contribution in [0.5, 0.6) is 0 Å². The SMILES string of the molecule is COC(=O)c1ccccc1NC(=O)C(=O)NC(C)(C)C. The molecule has 0 aliphatic heterocycles. The summed E-state index contributed by atoms with van der Waals surface area (Å²) in [5, 5.41) is 4.93. The van der Waals surface area contributed by atoms with Crippen LogP contribution in [0.25, 0.3) is 0 Å². The van der Waals surface area contributed by atoms with Crippen molar-refractivity contribution in [2.24, 2.45) is 0 Å². The summed E-state index contributed by atoms with van der Waals surface area (Å²) in [6, 6.07) is 6.30. The summed E-state index contributed by atoms with van der Waals surface area (Å²) in [6.45, 7) is 5.29. The minimum Gasteiger partial charge on any atom is -0.465 e. The van der Waals surface area contributed by atoms with Gasteiger partial charge in [0.1, 0.15) is 0 Å². The van der Waals surface area contributed by atoms with Gasteiger partial charge in [0.15, 0.2) is 0 Å². The van der Waals surface area contributed by atoms with Gasteiger partial charge in [-0.2, -0.15) is 0 Å². The van der Waals surface area contributed by atoms with E-state index in [1.165, 1.54) is 19.2 Å². The highest BCUT2D eigenvalue weighted by Gasteiger charge is 2.22. The summed E-state index contributed by atoms with van der Waals surface area (Å²) >= 11 is 0. The third kappa shape index (κ3) is 4.38. The van der Waals surface area contributed by atoms with E-state index in [-0.39, 0.29) is 11.3 Å². The van der Waals surface area contributed by atoms with Crippen molar-refractivity contribution in [2.45, 2.75) is 26.3 Å². The zero-order valence-electron chi connectivity index (χ0n) is 11.9. The number of ether oxygens (including phenoxy) is 1. The van der Waals surface area contributed by atoms with E-state index < -0.39 is 23.3 Å². The van der Waals surface area contributed by atoms with E-state index in [1.807, 2.05) is 0 Å². The molecule has 0 bridgehead atoms. The number of para-hydroxylation sites is 1. The minimum absolute atomic E-state index is 0.187. The van der Waals surface area contributed by atoms with Crippen molar-refractivity contribution in [1.29, 1.82) is 0 Å². The molecular weight excluding hydrogens is 260 g/mol. The molecule has 0 saturated carbocycles. The van der Waals surface area contributed by atoms with Gasteiger partial charge in [-0.1, -0.05) is 12.1 Å². The molecule has 1 rings (SSSR count). The lowest BCUT2D eigenvalue weighted by Gasteiger charge is -2.20.